The molecular weight excluding hydrogens is 248 g/mol. The van der Waals surface area contributed by atoms with E-state index in [4.69, 9.17) is 16.7 Å². The van der Waals surface area contributed by atoms with Crippen LogP contribution in [0.15, 0.2) is 15.7 Å². The molecular formula is C6H7ClN2O3S2. The average Bonchev–Trinajstić information content (AvgIpc) is 2.51. The highest BCUT2D eigenvalue weighted by Crippen LogP contribution is 2.22. The summed E-state index contributed by atoms with van der Waals surface area (Å²) in [7, 11) is -3.69. The maximum Gasteiger partial charge on any atom is 0.247 e. The van der Waals surface area contributed by atoms with Crippen LogP contribution < -0.4 is 10.5 Å². The van der Waals surface area contributed by atoms with Crippen molar-refractivity contribution >= 4 is 44.6 Å². The zero-order valence-electron chi connectivity index (χ0n) is 6.86. The highest BCUT2D eigenvalue weighted by Gasteiger charge is 2.11. The minimum absolute atomic E-state index is 0.00220. The minimum atomic E-state index is -3.69. The van der Waals surface area contributed by atoms with Crippen molar-refractivity contribution < 1.29 is 13.2 Å². The first-order valence-electron chi connectivity index (χ1n) is 3.40. The Hall–Kier alpha value is -0.630. The zero-order chi connectivity index (χ0) is 10.8. The number of carbonyl (C=O) groups is 1. The Bertz CT molecular complexity index is 440. The lowest BCUT2D eigenvalue weighted by atomic mass is 10.5. The van der Waals surface area contributed by atoms with E-state index in [1.807, 2.05) is 0 Å². The fraction of sp³-hybridized carbons (Fsp3) is 0.167. The third-order valence-corrected chi connectivity index (χ3v) is 3.89. The maximum absolute atomic E-state index is 10.9. The van der Waals surface area contributed by atoms with Crippen LogP contribution in [0.1, 0.15) is 0 Å². The lowest BCUT2D eigenvalue weighted by Gasteiger charge is -1.96. The Morgan fingerprint density at radius 2 is 2.29 bits per heavy atom. The number of carbonyl (C=O) groups excluding carboxylic acids is 1. The molecule has 1 aromatic rings. The molecule has 0 saturated heterocycles. The van der Waals surface area contributed by atoms with Crippen molar-refractivity contribution in [2.75, 3.05) is 11.2 Å². The number of primary sulfonamides is 1. The second-order valence-electron chi connectivity index (χ2n) is 2.38. The van der Waals surface area contributed by atoms with Crippen molar-refractivity contribution in [1.82, 2.24) is 0 Å². The first-order chi connectivity index (χ1) is 6.43. The van der Waals surface area contributed by atoms with E-state index in [0.29, 0.717) is 5.69 Å². The topological polar surface area (TPSA) is 89.3 Å². The molecule has 0 aliphatic carbocycles. The second kappa shape index (κ2) is 4.26. The van der Waals surface area contributed by atoms with Crippen LogP contribution in [0.4, 0.5) is 5.69 Å². The number of anilines is 1. The molecule has 0 fully saturated rings. The van der Waals surface area contributed by atoms with Crippen LogP contribution in [0.2, 0.25) is 0 Å². The molecule has 14 heavy (non-hydrogen) atoms. The lowest BCUT2D eigenvalue weighted by Crippen LogP contribution is -2.12. The third kappa shape index (κ3) is 2.95. The fourth-order valence-electron chi connectivity index (χ4n) is 0.726. The van der Waals surface area contributed by atoms with Gasteiger partial charge in [0, 0.05) is 5.38 Å². The summed E-state index contributed by atoms with van der Waals surface area (Å²) >= 11 is 6.19. The minimum Gasteiger partial charge on any atom is -0.324 e. The summed E-state index contributed by atoms with van der Waals surface area (Å²) in [6, 6.07) is 1.28. The molecule has 1 heterocycles. The summed E-state index contributed by atoms with van der Waals surface area (Å²) in [5, 5.41) is 8.76. The van der Waals surface area contributed by atoms with E-state index in [-0.39, 0.29) is 10.1 Å². The smallest absolute Gasteiger partial charge is 0.247 e. The Kier molecular flexibility index (Phi) is 3.48. The maximum atomic E-state index is 10.9. The van der Waals surface area contributed by atoms with Crippen molar-refractivity contribution in [2.24, 2.45) is 5.14 Å². The van der Waals surface area contributed by atoms with E-state index < -0.39 is 15.9 Å². The Morgan fingerprint density at radius 3 is 2.71 bits per heavy atom. The molecule has 0 radical (unpaired) electrons. The van der Waals surface area contributed by atoms with Gasteiger partial charge in [-0.15, -0.1) is 22.9 Å². The predicted octanol–water partition coefficient (Wildman–Crippen LogP) is 0.573. The number of nitrogens with two attached hydrogens (primary N) is 1. The van der Waals surface area contributed by atoms with Gasteiger partial charge in [0.05, 0.1) is 5.69 Å². The number of nitrogens with one attached hydrogen (secondary N) is 1. The fourth-order valence-corrected chi connectivity index (χ4v) is 2.33. The standard InChI is InChI=1S/C6H7ClN2O3S2/c7-2-5(10)9-4-1-6(13-3-4)14(8,11)12/h1,3H,2H2,(H,9,10)(H2,8,11,12). The van der Waals surface area contributed by atoms with Gasteiger partial charge in [0.15, 0.2) is 0 Å². The summed E-state index contributed by atoms with van der Waals surface area (Å²) in [6.07, 6.45) is 0. The van der Waals surface area contributed by atoms with Gasteiger partial charge in [0.25, 0.3) is 0 Å². The van der Waals surface area contributed by atoms with Gasteiger partial charge in [0.1, 0.15) is 10.1 Å². The number of amides is 1. The van der Waals surface area contributed by atoms with Crippen LogP contribution in [0, 0.1) is 0 Å². The first kappa shape index (κ1) is 11.4. The average molecular weight is 255 g/mol. The van der Waals surface area contributed by atoms with Crippen molar-refractivity contribution in [2.45, 2.75) is 4.21 Å². The molecule has 3 N–H and O–H groups in total. The summed E-state index contributed by atoms with van der Waals surface area (Å²) in [4.78, 5) is 10.8. The van der Waals surface area contributed by atoms with Gasteiger partial charge in [-0.3, -0.25) is 4.79 Å². The molecule has 0 atom stereocenters. The number of sulfonamides is 1. The molecule has 1 aromatic heterocycles. The summed E-state index contributed by atoms with van der Waals surface area (Å²) in [6.45, 7) is 0. The molecule has 1 rings (SSSR count). The number of rotatable bonds is 3. The van der Waals surface area contributed by atoms with Gasteiger partial charge in [-0.1, -0.05) is 0 Å². The molecule has 0 aliphatic rings. The van der Waals surface area contributed by atoms with Crippen LogP contribution in [-0.4, -0.2) is 20.2 Å². The Labute approximate surface area is 89.9 Å². The van der Waals surface area contributed by atoms with Crippen LogP contribution in [0.5, 0.6) is 0 Å². The lowest BCUT2D eigenvalue weighted by molar-refractivity contribution is -0.113. The molecule has 0 aromatic carbocycles. The van der Waals surface area contributed by atoms with E-state index in [2.05, 4.69) is 5.32 Å². The molecule has 78 valence electrons. The first-order valence-corrected chi connectivity index (χ1v) is 6.36. The zero-order valence-corrected chi connectivity index (χ0v) is 9.25. The van der Waals surface area contributed by atoms with Gasteiger partial charge in [-0.05, 0) is 6.07 Å². The normalized spacial score (nSPS) is 11.3. The predicted molar refractivity (Wildman–Crippen MR) is 55.0 cm³/mol. The van der Waals surface area contributed by atoms with Crippen LogP contribution >= 0.6 is 22.9 Å². The monoisotopic (exact) mass is 254 g/mol. The second-order valence-corrected chi connectivity index (χ2v) is 5.35. The van der Waals surface area contributed by atoms with E-state index in [9.17, 15) is 13.2 Å². The number of hydrogen-bond donors (Lipinski definition) is 2. The number of thiophene rings is 1. The molecule has 0 unspecified atom stereocenters. The van der Waals surface area contributed by atoms with Crippen molar-refractivity contribution in [1.29, 1.82) is 0 Å². The summed E-state index contributed by atoms with van der Waals surface area (Å²) in [5.74, 6) is -0.578. The third-order valence-electron chi connectivity index (χ3n) is 1.26. The molecule has 8 heteroatoms. The van der Waals surface area contributed by atoms with Crippen molar-refractivity contribution in [3.05, 3.63) is 11.4 Å². The van der Waals surface area contributed by atoms with Crippen LogP contribution in [0.3, 0.4) is 0 Å². The Balaban J connectivity index is 2.84. The summed E-state index contributed by atoms with van der Waals surface area (Å²) in [5.41, 5.74) is 0.379. The van der Waals surface area contributed by atoms with E-state index in [1.54, 1.807) is 0 Å². The largest absolute Gasteiger partial charge is 0.324 e. The SMILES string of the molecule is NS(=O)(=O)c1cc(NC(=O)CCl)cs1. The number of halogens is 1. The van der Waals surface area contributed by atoms with Crippen molar-refractivity contribution in [3.8, 4) is 0 Å². The number of hydrogen-bond acceptors (Lipinski definition) is 4. The van der Waals surface area contributed by atoms with E-state index >= 15 is 0 Å². The molecule has 0 saturated carbocycles. The Morgan fingerprint density at radius 1 is 1.64 bits per heavy atom. The quantitative estimate of drug-likeness (QED) is 0.773. The van der Waals surface area contributed by atoms with Gasteiger partial charge in [-0.2, -0.15) is 0 Å². The van der Waals surface area contributed by atoms with Gasteiger partial charge in [-0.25, -0.2) is 13.6 Å². The molecule has 1 amide bonds. The van der Waals surface area contributed by atoms with E-state index in [0.717, 1.165) is 11.3 Å². The molecule has 0 aliphatic heterocycles. The van der Waals surface area contributed by atoms with E-state index in [1.165, 1.54) is 11.4 Å². The van der Waals surface area contributed by atoms with Crippen LogP contribution in [-0.2, 0) is 14.8 Å². The van der Waals surface area contributed by atoms with Crippen LogP contribution in [0.25, 0.3) is 0 Å². The van der Waals surface area contributed by atoms with Gasteiger partial charge in [0.2, 0.25) is 15.9 Å². The molecule has 5 nitrogen and oxygen atoms in total. The van der Waals surface area contributed by atoms with Crippen molar-refractivity contribution in [3.63, 3.8) is 0 Å². The highest BCUT2D eigenvalue weighted by molar-refractivity contribution is 7.91. The highest BCUT2D eigenvalue weighted by atomic mass is 35.5. The molecule has 0 bridgehead atoms. The van der Waals surface area contributed by atoms with Gasteiger partial charge >= 0.3 is 0 Å². The van der Waals surface area contributed by atoms with Gasteiger partial charge < -0.3 is 5.32 Å². The summed E-state index contributed by atoms with van der Waals surface area (Å²) < 4.78 is 21.7. The molecule has 0 spiro atoms. The number of alkyl halides is 1.